The van der Waals surface area contributed by atoms with Crippen LogP contribution in [0.15, 0.2) is 24.3 Å². The van der Waals surface area contributed by atoms with Crippen molar-refractivity contribution in [3.8, 4) is 11.5 Å². The largest absolute Gasteiger partial charge is 0.450 e. The summed E-state index contributed by atoms with van der Waals surface area (Å²) in [5.41, 5.74) is 0.0904. The number of benzene rings is 2. The summed E-state index contributed by atoms with van der Waals surface area (Å²) < 4.78 is 32.5. The lowest BCUT2D eigenvalue weighted by atomic mass is 10.2. The van der Waals surface area contributed by atoms with Crippen molar-refractivity contribution in [3.63, 3.8) is 0 Å². The van der Waals surface area contributed by atoms with Gasteiger partial charge in [0, 0.05) is 6.07 Å². The van der Waals surface area contributed by atoms with Gasteiger partial charge in [0.05, 0.1) is 21.7 Å². The second kappa shape index (κ2) is 6.14. The van der Waals surface area contributed by atoms with Crippen molar-refractivity contribution < 1.29 is 18.6 Å². The zero-order valence-electron chi connectivity index (χ0n) is 9.76. The molecule has 2 rings (SSSR count). The molecule has 0 bridgehead atoms. The van der Waals surface area contributed by atoms with Crippen molar-refractivity contribution in [1.82, 2.24) is 0 Å². The van der Waals surface area contributed by atoms with Crippen LogP contribution in [0.2, 0.25) is 15.1 Å². The molecule has 0 spiro atoms. The second-order valence-electron chi connectivity index (χ2n) is 3.85. The maximum absolute atomic E-state index is 13.7. The zero-order chi connectivity index (χ0) is 14.9. The standard InChI is InChI=1S/C13H7Cl3F2O2/c14-7-3-9(16)12(4-8(7)15)20-13-10(17)1-6(5-19)2-11(13)18/h1-4,19H,5H2. The fourth-order valence-electron chi connectivity index (χ4n) is 1.49. The number of hydrogen-bond acceptors (Lipinski definition) is 2. The molecular weight excluding hydrogens is 332 g/mol. The highest BCUT2D eigenvalue weighted by Crippen LogP contribution is 2.38. The van der Waals surface area contributed by atoms with E-state index in [0.717, 1.165) is 12.1 Å². The van der Waals surface area contributed by atoms with Gasteiger partial charge < -0.3 is 9.84 Å². The SMILES string of the molecule is OCc1cc(F)c(Oc2cc(Cl)c(Cl)cc2Cl)c(F)c1. The van der Waals surface area contributed by atoms with E-state index < -0.39 is 24.0 Å². The molecule has 0 aliphatic heterocycles. The Morgan fingerprint density at radius 2 is 1.45 bits per heavy atom. The van der Waals surface area contributed by atoms with Gasteiger partial charge in [-0.25, -0.2) is 8.78 Å². The van der Waals surface area contributed by atoms with E-state index in [1.165, 1.54) is 12.1 Å². The second-order valence-corrected chi connectivity index (χ2v) is 5.07. The molecule has 106 valence electrons. The zero-order valence-corrected chi connectivity index (χ0v) is 12.0. The van der Waals surface area contributed by atoms with Crippen LogP contribution in [0.1, 0.15) is 5.56 Å². The highest BCUT2D eigenvalue weighted by atomic mass is 35.5. The summed E-state index contributed by atoms with van der Waals surface area (Å²) in [4.78, 5) is 0. The van der Waals surface area contributed by atoms with E-state index in [1.807, 2.05) is 0 Å². The molecule has 2 nitrogen and oxygen atoms in total. The van der Waals surface area contributed by atoms with Crippen LogP contribution in [0, 0.1) is 11.6 Å². The van der Waals surface area contributed by atoms with E-state index in [-0.39, 0.29) is 26.4 Å². The van der Waals surface area contributed by atoms with E-state index in [1.54, 1.807) is 0 Å². The summed E-state index contributed by atoms with van der Waals surface area (Å²) in [5.74, 6) is -2.59. The molecule has 0 fully saturated rings. The summed E-state index contributed by atoms with van der Waals surface area (Å²) in [5, 5.41) is 9.24. The molecule has 20 heavy (non-hydrogen) atoms. The molecule has 0 radical (unpaired) electrons. The van der Waals surface area contributed by atoms with Crippen LogP contribution in [0.4, 0.5) is 8.78 Å². The molecule has 0 atom stereocenters. The Hall–Kier alpha value is -1.07. The van der Waals surface area contributed by atoms with Crippen molar-refractivity contribution in [1.29, 1.82) is 0 Å². The Bertz CT molecular complexity index is 639. The van der Waals surface area contributed by atoms with Crippen molar-refractivity contribution in [2.45, 2.75) is 6.61 Å². The Balaban J connectivity index is 2.42. The van der Waals surface area contributed by atoms with Gasteiger partial charge in [-0.1, -0.05) is 34.8 Å². The van der Waals surface area contributed by atoms with Crippen LogP contribution < -0.4 is 4.74 Å². The Morgan fingerprint density at radius 1 is 0.900 bits per heavy atom. The third kappa shape index (κ3) is 3.15. The van der Waals surface area contributed by atoms with Gasteiger partial charge in [-0.15, -0.1) is 0 Å². The van der Waals surface area contributed by atoms with Crippen molar-refractivity contribution in [2.75, 3.05) is 0 Å². The first kappa shape index (κ1) is 15.3. The Labute approximate surface area is 128 Å². The smallest absolute Gasteiger partial charge is 0.198 e. The average molecular weight is 340 g/mol. The van der Waals surface area contributed by atoms with Crippen LogP contribution in [0.25, 0.3) is 0 Å². The lowest BCUT2D eigenvalue weighted by molar-refractivity contribution is 0.279. The highest BCUT2D eigenvalue weighted by molar-refractivity contribution is 6.43. The van der Waals surface area contributed by atoms with E-state index >= 15 is 0 Å². The van der Waals surface area contributed by atoms with Gasteiger partial charge in [0.2, 0.25) is 0 Å². The molecule has 0 saturated heterocycles. The number of halogens is 5. The maximum atomic E-state index is 13.7. The molecule has 0 amide bonds. The van der Waals surface area contributed by atoms with Gasteiger partial charge in [-0.2, -0.15) is 0 Å². The Morgan fingerprint density at radius 3 is 2.00 bits per heavy atom. The third-order valence-corrected chi connectivity index (χ3v) is 3.44. The van der Waals surface area contributed by atoms with Crippen LogP contribution in [0.5, 0.6) is 11.5 Å². The minimum Gasteiger partial charge on any atom is -0.450 e. The van der Waals surface area contributed by atoms with Gasteiger partial charge in [0.15, 0.2) is 17.4 Å². The van der Waals surface area contributed by atoms with Gasteiger partial charge >= 0.3 is 0 Å². The summed E-state index contributed by atoms with van der Waals surface area (Å²) in [6, 6.07) is 4.48. The summed E-state index contributed by atoms with van der Waals surface area (Å²) in [7, 11) is 0. The van der Waals surface area contributed by atoms with Crippen molar-refractivity contribution in [3.05, 3.63) is 56.5 Å². The molecule has 0 aliphatic carbocycles. The number of hydrogen-bond donors (Lipinski definition) is 1. The molecule has 2 aromatic rings. The van der Waals surface area contributed by atoms with E-state index in [4.69, 9.17) is 44.6 Å². The lowest BCUT2D eigenvalue weighted by Gasteiger charge is -2.11. The molecule has 0 aromatic heterocycles. The fraction of sp³-hybridized carbons (Fsp3) is 0.0769. The van der Waals surface area contributed by atoms with Crippen LogP contribution in [0.3, 0.4) is 0 Å². The minimum atomic E-state index is -0.962. The van der Waals surface area contributed by atoms with Gasteiger partial charge in [-0.05, 0) is 23.8 Å². The summed E-state index contributed by atoms with van der Waals surface area (Å²) >= 11 is 17.4. The average Bonchev–Trinajstić information content (AvgIpc) is 2.39. The molecule has 1 N–H and O–H groups in total. The van der Waals surface area contributed by atoms with Crippen LogP contribution in [-0.2, 0) is 6.61 Å². The van der Waals surface area contributed by atoms with Crippen molar-refractivity contribution in [2.24, 2.45) is 0 Å². The molecule has 7 heteroatoms. The van der Waals surface area contributed by atoms with Crippen LogP contribution in [-0.4, -0.2) is 5.11 Å². The predicted molar refractivity (Wildman–Crippen MR) is 73.8 cm³/mol. The lowest BCUT2D eigenvalue weighted by Crippen LogP contribution is -1.96. The van der Waals surface area contributed by atoms with E-state index in [0.29, 0.717) is 0 Å². The number of ether oxygens (including phenoxy) is 1. The molecule has 0 unspecified atom stereocenters. The van der Waals surface area contributed by atoms with Crippen LogP contribution >= 0.6 is 34.8 Å². The van der Waals surface area contributed by atoms with E-state index in [9.17, 15) is 8.78 Å². The number of aliphatic hydroxyl groups is 1. The fourth-order valence-corrected chi connectivity index (χ4v) is 2.07. The summed E-state index contributed by atoms with van der Waals surface area (Å²) in [6.07, 6.45) is 0. The van der Waals surface area contributed by atoms with Gasteiger partial charge in [0.1, 0.15) is 5.75 Å². The quantitative estimate of drug-likeness (QED) is 0.778. The maximum Gasteiger partial charge on any atom is 0.198 e. The topological polar surface area (TPSA) is 29.5 Å². The monoisotopic (exact) mass is 338 g/mol. The van der Waals surface area contributed by atoms with Crippen molar-refractivity contribution >= 4 is 34.8 Å². The first-order valence-corrected chi connectivity index (χ1v) is 6.47. The predicted octanol–water partition coefficient (Wildman–Crippen LogP) is 5.21. The molecule has 2 aromatic carbocycles. The Kier molecular flexibility index (Phi) is 4.70. The van der Waals surface area contributed by atoms with E-state index in [2.05, 4.69) is 0 Å². The molecule has 0 aliphatic rings. The highest BCUT2D eigenvalue weighted by Gasteiger charge is 2.16. The first-order chi connectivity index (χ1) is 9.42. The number of rotatable bonds is 3. The normalized spacial score (nSPS) is 10.7. The van der Waals surface area contributed by atoms with Gasteiger partial charge in [0.25, 0.3) is 0 Å². The summed E-state index contributed by atoms with van der Waals surface area (Å²) in [6.45, 7) is -0.484. The number of aliphatic hydroxyl groups excluding tert-OH is 1. The minimum absolute atomic E-state index is 0.0318. The third-order valence-electron chi connectivity index (χ3n) is 2.43. The first-order valence-electron chi connectivity index (χ1n) is 5.33. The molecular formula is C13H7Cl3F2O2. The van der Waals surface area contributed by atoms with Gasteiger partial charge in [-0.3, -0.25) is 0 Å². The molecule has 0 heterocycles. The molecule has 0 saturated carbocycles.